The van der Waals surface area contributed by atoms with Crippen LogP contribution in [0.5, 0.6) is 5.75 Å². The molecule has 0 N–H and O–H groups in total. The SMILES string of the molecule is CCOc1cc2nc(C3CCOCC3)cn2cc1C(=O)OC. The third-order valence-electron chi connectivity index (χ3n) is 3.92. The number of esters is 1. The zero-order valence-electron chi connectivity index (χ0n) is 12.9. The minimum absolute atomic E-state index is 0.408. The molecule has 1 saturated heterocycles. The number of methoxy groups -OCH3 is 1. The van der Waals surface area contributed by atoms with Crippen molar-refractivity contribution in [2.24, 2.45) is 0 Å². The summed E-state index contributed by atoms with van der Waals surface area (Å²) in [6.07, 6.45) is 5.66. The Morgan fingerprint density at radius 3 is 2.86 bits per heavy atom. The number of hydrogen-bond donors (Lipinski definition) is 0. The van der Waals surface area contributed by atoms with Crippen molar-refractivity contribution < 1.29 is 19.0 Å². The molecule has 0 unspecified atom stereocenters. The summed E-state index contributed by atoms with van der Waals surface area (Å²) in [6.45, 7) is 3.91. The van der Waals surface area contributed by atoms with Crippen LogP contribution in [0.2, 0.25) is 0 Å². The molecule has 0 atom stereocenters. The van der Waals surface area contributed by atoms with Gasteiger partial charge in [0.25, 0.3) is 0 Å². The van der Waals surface area contributed by atoms with E-state index in [0.717, 1.165) is 37.4 Å². The van der Waals surface area contributed by atoms with E-state index in [1.807, 2.05) is 17.5 Å². The molecule has 0 bridgehead atoms. The molecule has 0 amide bonds. The van der Waals surface area contributed by atoms with Crippen molar-refractivity contribution in [3.63, 3.8) is 0 Å². The molecule has 6 nitrogen and oxygen atoms in total. The van der Waals surface area contributed by atoms with Crippen molar-refractivity contribution >= 4 is 11.6 Å². The lowest BCUT2D eigenvalue weighted by atomic mass is 9.97. The summed E-state index contributed by atoms with van der Waals surface area (Å²) < 4.78 is 17.6. The second-order valence-electron chi connectivity index (χ2n) is 5.29. The van der Waals surface area contributed by atoms with Crippen molar-refractivity contribution in [2.75, 3.05) is 26.9 Å². The quantitative estimate of drug-likeness (QED) is 0.812. The highest BCUT2D eigenvalue weighted by atomic mass is 16.5. The molecule has 2 aromatic heterocycles. The van der Waals surface area contributed by atoms with Gasteiger partial charge in [-0.05, 0) is 19.8 Å². The second kappa shape index (κ2) is 6.36. The Balaban J connectivity index is 2.01. The number of fused-ring (bicyclic) bond motifs is 1. The number of ether oxygens (including phenoxy) is 3. The van der Waals surface area contributed by atoms with E-state index in [9.17, 15) is 4.79 Å². The highest BCUT2D eigenvalue weighted by Crippen LogP contribution is 2.28. The third kappa shape index (κ3) is 2.78. The molecule has 22 heavy (non-hydrogen) atoms. The van der Waals surface area contributed by atoms with E-state index in [1.54, 1.807) is 12.3 Å². The van der Waals surface area contributed by atoms with E-state index in [1.165, 1.54) is 7.11 Å². The highest BCUT2D eigenvalue weighted by molar-refractivity contribution is 5.92. The molecular weight excluding hydrogens is 284 g/mol. The minimum Gasteiger partial charge on any atom is -0.493 e. The number of imidazole rings is 1. The average Bonchev–Trinajstić information content (AvgIpc) is 2.97. The summed E-state index contributed by atoms with van der Waals surface area (Å²) in [5.74, 6) is 0.503. The summed E-state index contributed by atoms with van der Waals surface area (Å²) in [4.78, 5) is 16.6. The van der Waals surface area contributed by atoms with Gasteiger partial charge in [0.05, 0.1) is 19.4 Å². The van der Waals surface area contributed by atoms with Crippen LogP contribution in [0.1, 0.15) is 41.7 Å². The maximum absolute atomic E-state index is 11.9. The van der Waals surface area contributed by atoms with Gasteiger partial charge in [-0.25, -0.2) is 9.78 Å². The lowest BCUT2D eigenvalue weighted by Gasteiger charge is -2.19. The Morgan fingerprint density at radius 1 is 1.41 bits per heavy atom. The molecule has 6 heteroatoms. The summed E-state index contributed by atoms with van der Waals surface area (Å²) >= 11 is 0. The van der Waals surface area contributed by atoms with Crippen molar-refractivity contribution in [3.8, 4) is 5.75 Å². The van der Waals surface area contributed by atoms with Gasteiger partial charge < -0.3 is 18.6 Å². The zero-order valence-corrected chi connectivity index (χ0v) is 12.9. The Kier molecular flexibility index (Phi) is 4.29. The fourth-order valence-electron chi connectivity index (χ4n) is 2.76. The smallest absolute Gasteiger partial charge is 0.343 e. The number of nitrogens with zero attached hydrogens (tertiary/aromatic N) is 2. The normalized spacial score (nSPS) is 15.9. The zero-order chi connectivity index (χ0) is 15.5. The van der Waals surface area contributed by atoms with Gasteiger partial charge in [0.15, 0.2) is 0 Å². The van der Waals surface area contributed by atoms with Gasteiger partial charge in [-0.3, -0.25) is 0 Å². The van der Waals surface area contributed by atoms with Gasteiger partial charge in [0.2, 0.25) is 0 Å². The van der Waals surface area contributed by atoms with E-state index in [-0.39, 0.29) is 0 Å². The first kappa shape index (κ1) is 14.8. The number of carbonyl (C=O) groups is 1. The summed E-state index contributed by atoms with van der Waals surface area (Å²) in [5.41, 5.74) is 2.22. The number of hydrogen-bond acceptors (Lipinski definition) is 5. The maximum atomic E-state index is 11.9. The molecular formula is C16H20N2O4. The number of pyridine rings is 1. The predicted octanol–water partition coefficient (Wildman–Crippen LogP) is 2.41. The molecule has 0 aromatic carbocycles. The van der Waals surface area contributed by atoms with E-state index in [4.69, 9.17) is 14.2 Å². The van der Waals surface area contributed by atoms with Crippen molar-refractivity contribution in [1.29, 1.82) is 0 Å². The fraction of sp³-hybridized carbons (Fsp3) is 0.500. The fourth-order valence-corrected chi connectivity index (χ4v) is 2.76. The van der Waals surface area contributed by atoms with Crippen LogP contribution in [0.3, 0.4) is 0 Å². The van der Waals surface area contributed by atoms with E-state index < -0.39 is 5.97 Å². The molecule has 3 heterocycles. The molecule has 0 aliphatic carbocycles. The van der Waals surface area contributed by atoms with Crippen LogP contribution in [0.15, 0.2) is 18.5 Å². The molecule has 3 rings (SSSR count). The highest BCUT2D eigenvalue weighted by Gasteiger charge is 2.21. The van der Waals surface area contributed by atoms with Gasteiger partial charge in [-0.2, -0.15) is 0 Å². The number of carbonyl (C=O) groups excluding carboxylic acids is 1. The summed E-state index contributed by atoms with van der Waals surface area (Å²) in [6, 6.07) is 1.79. The van der Waals surface area contributed by atoms with Crippen molar-refractivity contribution in [3.05, 3.63) is 29.7 Å². The van der Waals surface area contributed by atoms with Crippen LogP contribution in [-0.2, 0) is 9.47 Å². The summed E-state index contributed by atoms with van der Waals surface area (Å²) in [7, 11) is 1.36. The molecule has 118 valence electrons. The Hall–Kier alpha value is -2.08. The Morgan fingerprint density at radius 2 is 2.18 bits per heavy atom. The number of aromatic nitrogens is 2. The van der Waals surface area contributed by atoms with Gasteiger partial charge in [-0.15, -0.1) is 0 Å². The van der Waals surface area contributed by atoms with Crippen LogP contribution in [0.4, 0.5) is 0 Å². The first-order chi connectivity index (χ1) is 10.7. The monoisotopic (exact) mass is 304 g/mol. The van der Waals surface area contributed by atoms with E-state index in [0.29, 0.717) is 23.8 Å². The van der Waals surface area contributed by atoms with Crippen molar-refractivity contribution in [1.82, 2.24) is 9.38 Å². The van der Waals surface area contributed by atoms with E-state index >= 15 is 0 Å². The van der Waals surface area contributed by atoms with Crippen molar-refractivity contribution in [2.45, 2.75) is 25.7 Å². The number of rotatable bonds is 4. The van der Waals surface area contributed by atoms with Crippen LogP contribution < -0.4 is 4.74 Å². The first-order valence-electron chi connectivity index (χ1n) is 7.54. The van der Waals surface area contributed by atoms with Gasteiger partial charge in [0.1, 0.15) is 17.0 Å². The molecule has 0 radical (unpaired) electrons. The molecule has 0 saturated carbocycles. The van der Waals surface area contributed by atoms with Gasteiger partial charge in [-0.1, -0.05) is 0 Å². The Labute approximate surface area is 129 Å². The van der Waals surface area contributed by atoms with Gasteiger partial charge in [0, 0.05) is 37.6 Å². The average molecular weight is 304 g/mol. The second-order valence-corrected chi connectivity index (χ2v) is 5.29. The standard InChI is InChI=1S/C16H20N2O4/c1-3-22-14-8-15-17-13(11-4-6-21-7-5-11)10-18(15)9-12(14)16(19)20-2/h8-11H,3-7H2,1-2H3. The van der Waals surface area contributed by atoms with Gasteiger partial charge >= 0.3 is 5.97 Å². The largest absolute Gasteiger partial charge is 0.493 e. The minimum atomic E-state index is -0.410. The molecule has 1 aliphatic rings. The molecule has 1 aliphatic heterocycles. The third-order valence-corrected chi connectivity index (χ3v) is 3.92. The summed E-state index contributed by atoms with van der Waals surface area (Å²) in [5, 5.41) is 0. The molecule has 0 spiro atoms. The lowest BCUT2D eigenvalue weighted by Crippen LogP contribution is -2.14. The molecule has 1 fully saturated rings. The van der Waals surface area contributed by atoms with Crippen LogP contribution >= 0.6 is 0 Å². The topological polar surface area (TPSA) is 62.1 Å². The lowest BCUT2D eigenvalue weighted by molar-refractivity contribution is 0.0595. The Bertz CT molecular complexity index is 674. The molecule has 2 aromatic rings. The maximum Gasteiger partial charge on any atom is 0.343 e. The predicted molar refractivity (Wildman–Crippen MR) is 80.5 cm³/mol. The van der Waals surface area contributed by atoms with Crippen LogP contribution in [0.25, 0.3) is 5.65 Å². The van der Waals surface area contributed by atoms with Crippen LogP contribution in [-0.4, -0.2) is 42.3 Å². The van der Waals surface area contributed by atoms with Crippen LogP contribution in [0, 0.1) is 0 Å². The van der Waals surface area contributed by atoms with E-state index in [2.05, 4.69) is 4.98 Å². The first-order valence-corrected chi connectivity index (χ1v) is 7.54.